The normalized spacial score (nSPS) is 18.1. The van der Waals surface area contributed by atoms with Gasteiger partial charge in [-0.3, -0.25) is 0 Å². The van der Waals surface area contributed by atoms with E-state index in [4.69, 9.17) is 4.43 Å². The van der Waals surface area contributed by atoms with E-state index < -0.39 is 8.32 Å². The van der Waals surface area contributed by atoms with Crippen molar-refractivity contribution in [3.63, 3.8) is 0 Å². The van der Waals surface area contributed by atoms with Crippen molar-refractivity contribution >= 4 is 30.9 Å². The molecule has 0 saturated carbocycles. The fourth-order valence-corrected chi connectivity index (χ4v) is 3.65. The van der Waals surface area contributed by atoms with Crippen LogP contribution in [0.5, 0.6) is 0 Å². The van der Waals surface area contributed by atoms with E-state index in [2.05, 4.69) is 83.3 Å². The van der Waals surface area contributed by atoms with Gasteiger partial charge in [0.15, 0.2) is 8.32 Å². The fourth-order valence-electron chi connectivity index (χ4n) is 1.59. The number of halogens is 1. The van der Waals surface area contributed by atoms with Gasteiger partial charge in [0.25, 0.3) is 0 Å². The summed E-state index contributed by atoms with van der Waals surface area (Å²) in [4.78, 5) is 0. The first kappa shape index (κ1) is 17.6. The first-order valence-electron chi connectivity index (χ1n) is 6.53. The lowest BCUT2D eigenvalue weighted by atomic mass is 10.0. The van der Waals surface area contributed by atoms with Gasteiger partial charge in [0.2, 0.25) is 0 Å². The molecule has 0 bridgehead atoms. The Hall–Kier alpha value is 0.647. The third kappa shape index (κ3) is 5.88. The monoisotopic (exact) mass is 368 g/mol. The Balaban J connectivity index is 4.78. The molecule has 0 amide bonds. The maximum Gasteiger partial charge on any atom is 0.192 e. The maximum atomic E-state index is 6.51. The summed E-state index contributed by atoms with van der Waals surface area (Å²) in [7, 11) is -1.63. The van der Waals surface area contributed by atoms with Gasteiger partial charge in [0.1, 0.15) is 0 Å². The van der Waals surface area contributed by atoms with Crippen molar-refractivity contribution in [3.05, 3.63) is 9.66 Å². The Labute approximate surface area is 123 Å². The van der Waals surface area contributed by atoms with E-state index in [-0.39, 0.29) is 0 Å². The first-order valence-corrected chi connectivity index (χ1v) is 10.5. The smallest absolute Gasteiger partial charge is 0.192 e. The lowest BCUT2D eigenvalue weighted by Gasteiger charge is -2.40. The molecule has 0 aliphatic carbocycles. The molecule has 102 valence electrons. The van der Waals surface area contributed by atoms with Crippen LogP contribution in [0, 0.1) is 5.92 Å². The van der Waals surface area contributed by atoms with Crippen LogP contribution < -0.4 is 0 Å². The fraction of sp³-hybridized carbons (Fsp3) is 0.857. The van der Waals surface area contributed by atoms with E-state index in [0.29, 0.717) is 17.1 Å². The summed E-state index contributed by atoms with van der Waals surface area (Å²) >= 11 is 2.38. The average Bonchev–Trinajstić information content (AvgIpc) is 2.10. The molecule has 0 aliphatic rings. The Morgan fingerprint density at radius 2 is 1.82 bits per heavy atom. The largest absolute Gasteiger partial charge is 0.413 e. The van der Waals surface area contributed by atoms with E-state index in [0.717, 1.165) is 6.42 Å². The summed E-state index contributed by atoms with van der Waals surface area (Å²) < 4.78 is 7.86. The molecule has 0 fully saturated rings. The van der Waals surface area contributed by atoms with Crippen molar-refractivity contribution in [2.24, 2.45) is 5.92 Å². The highest BCUT2D eigenvalue weighted by atomic mass is 127. The minimum Gasteiger partial charge on any atom is -0.413 e. The van der Waals surface area contributed by atoms with Crippen molar-refractivity contribution in [2.75, 3.05) is 0 Å². The summed E-state index contributed by atoms with van der Waals surface area (Å²) in [5.74, 6) is 0.506. The molecule has 0 heterocycles. The highest BCUT2D eigenvalue weighted by Gasteiger charge is 2.39. The zero-order valence-electron chi connectivity index (χ0n) is 12.7. The summed E-state index contributed by atoms with van der Waals surface area (Å²) in [6.07, 6.45) is 3.77. The molecule has 0 aromatic heterocycles. The second-order valence-electron chi connectivity index (χ2n) is 6.44. The van der Waals surface area contributed by atoms with Gasteiger partial charge >= 0.3 is 0 Å². The van der Waals surface area contributed by atoms with Crippen molar-refractivity contribution in [2.45, 2.75) is 72.2 Å². The van der Waals surface area contributed by atoms with Crippen molar-refractivity contribution in [3.8, 4) is 0 Å². The molecule has 0 spiro atoms. The highest BCUT2D eigenvalue weighted by molar-refractivity contribution is 14.1. The van der Waals surface area contributed by atoms with Gasteiger partial charge in [-0.05, 0) is 63.6 Å². The summed E-state index contributed by atoms with van der Waals surface area (Å²) in [5, 5.41) is 0.295. The van der Waals surface area contributed by atoms with Crippen LogP contribution in [0.2, 0.25) is 18.1 Å². The third-order valence-corrected chi connectivity index (χ3v) is 8.60. The standard InChI is InChI=1S/C14H29IOSi/c1-9-13(11(2)10-12(3)15)16-17(7,8)14(4,5)6/h10-11,13H,9H2,1-8H3/b12-10+/t11-,13-/m1/s1. The number of rotatable bonds is 5. The maximum absolute atomic E-state index is 6.51. The van der Waals surface area contributed by atoms with E-state index in [1.807, 2.05) is 0 Å². The van der Waals surface area contributed by atoms with Crippen LogP contribution in [-0.4, -0.2) is 14.4 Å². The van der Waals surface area contributed by atoms with Crippen LogP contribution in [0.3, 0.4) is 0 Å². The quantitative estimate of drug-likeness (QED) is 0.443. The van der Waals surface area contributed by atoms with Gasteiger partial charge in [-0.1, -0.05) is 40.7 Å². The Morgan fingerprint density at radius 3 is 2.12 bits per heavy atom. The van der Waals surface area contributed by atoms with Crippen molar-refractivity contribution in [1.82, 2.24) is 0 Å². The third-order valence-electron chi connectivity index (χ3n) is 3.73. The van der Waals surface area contributed by atoms with Crippen molar-refractivity contribution < 1.29 is 4.43 Å². The molecule has 0 unspecified atom stereocenters. The lowest BCUT2D eigenvalue weighted by molar-refractivity contribution is 0.141. The highest BCUT2D eigenvalue weighted by Crippen LogP contribution is 2.38. The van der Waals surface area contributed by atoms with Crippen LogP contribution in [0.4, 0.5) is 0 Å². The molecule has 2 atom stereocenters. The zero-order chi connectivity index (χ0) is 13.9. The van der Waals surface area contributed by atoms with Gasteiger partial charge in [0, 0.05) is 0 Å². The summed E-state index contributed by atoms with van der Waals surface area (Å²) in [5.41, 5.74) is 0. The molecule has 1 nitrogen and oxygen atoms in total. The van der Waals surface area contributed by atoms with Gasteiger partial charge in [-0.25, -0.2) is 0 Å². The summed E-state index contributed by atoms with van der Waals surface area (Å²) in [6.45, 7) is 18.2. The van der Waals surface area contributed by atoms with Crippen LogP contribution in [0.15, 0.2) is 9.66 Å². The molecule has 0 aromatic rings. The number of allylic oxidation sites excluding steroid dienone is 1. The second kappa shape index (κ2) is 6.71. The van der Waals surface area contributed by atoms with Crippen LogP contribution in [0.1, 0.15) is 48.0 Å². The van der Waals surface area contributed by atoms with Gasteiger partial charge in [0.05, 0.1) is 6.10 Å². The minimum absolute atomic E-state index is 0.295. The molecule has 0 aliphatic heterocycles. The lowest BCUT2D eigenvalue weighted by Crippen LogP contribution is -2.45. The Bertz CT molecular complexity index is 262. The van der Waals surface area contributed by atoms with Crippen LogP contribution >= 0.6 is 22.6 Å². The summed E-state index contributed by atoms with van der Waals surface area (Å²) in [6, 6.07) is 0. The van der Waals surface area contributed by atoms with E-state index in [9.17, 15) is 0 Å². The zero-order valence-corrected chi connectivity index (χ0v) is 15.9. The molecule has 0 N–H and O–H groups in total. The van der Waals surface area contributed by atoms with Crippen LogP contribution in [-0.2, 0) is 4.43 Å². The van der Waals surface area contributed by atoms with Gasteiger partial charge in [-0.2, -0.15) is 0 Å². The molecule has 0 rings (SSSR count). The van der Waals surface area contributed by atoms with E-state index in [1.54, 1.807) is 0 Å². The first-order chi connectivity index (χ1) is 7.51. The predicted molar refractivity (Wildman–Crippen MR) is 89.3 cm³/mol. The number of hydrogen-bond donors (Lipinski definition) is 0. The average molecular weight is 368 g/mol. The minimum atomic E-state index is -1.63. The number of hydrogen-bond acceptors (Lipinski definition) is 1. The van der Waals surface area contributed by atoms with Gasteiger partial charge in [-0.15, -0.1) is 0 Å². The van der Waals surface area contributed by atoms with E-state index >= 15 is 0 Å². The van der Waals surface area contributed by atoms with Crippen LogP contribution in [0.25, 0.3) is 0 Å². The Kier molecular flexibility index (Phi) is 6.96. The van der Waals surface area contributed by atoms with Crippen molar-refractivity contribution in [1.29, 1.82) is 0 Å². The molecule has 3 heteroatoms. The molecule has 17 heavy (non-hydrogen) atoms. The molecule has 0 aromatic carbocycles. The molecule has 0 saturated heterocycles. The Morgan fingerprint density at radius 1 is 1.35 bits per heavy atom. The molecular formula is C14H29IOSi. The SMILES string of the molecule is CC[C@@H](O[Si](C)(C)C(C)(C)C)[C@H](C)/C=C(\C)I. The predicted octanol–water partition coefficient (Wildman–Crippen LogP) is 5.76. The topological polar surface area (TPSA) is 9.23 Å². The molecule has 0 radical (unpaired) electrons. The second-order valence-corrected chi connectivity index (χ2v) is 12.9. The molecular weight excluding hydrogens is 339 g/mol. The van der Waals surface area contributed by atoms with Gasteiger partial charge < -0.3 is 4.43 Å². The van der Waals surface area contributed by atoms with E-state index in [1.165, 1.54) is 3.58 Å².